The highest BCUT2D eigenvalue weighted by molar-refractivity contribution is 6.74. The topological polar surface area (TPSA) is 64.6 Å². The molecule has 2 aromatic carbocycles. The number of fused-ring (bicyclic) bond motifs is 1. The molecule has 8 heteroatoms. The summed E-state index contributed by atoms with van der Waals surface area (Å²) >= 11 is 0. The van der Waals surface area contributed by atoms with E-state index in [9.17, 15) is 0 Å². The molecule has 0 aliphatic carbocycles. The molecular weight excluding hydrogens is 452 g/mol. The van der Waals surface area contributed by atoms with Crippen molar-refractivity contribution in [3.63, 3.8) is 0 Å². The Bertz CT molecular complexity index is 908. The summed E-state index contributed by atoms with van der Waals surface area (Å²) in [5.74, 6) is 2.16. The van der Waals surface area contributed by atoms with Crippen molar-refractivity contribution >= 4 is 19.1 Å². The van der Waals surface area contributed by atoms with Crippen molar-refractivity contribution in [1.82, 2.24) is 0 Å². The van der Waals surface area contributed by atoms with Crippen LogP contribution in [0, 0.1) is 0 Å². The molecular formula is C26H42O7Si. The Balaban J connectivity index is 2.35. The van der Waals surface area contributed by atoms with Gasteiger partial charge in [0.05, 0.1) is 25.7 Å². The summed E-state index contributed by atoms with van der Waals surface area (Å²) in [7, 11) is 4.72. The lowest BCUT2D eigenvalue weighted by Crippen LogP contribution is -2.41. The van der Waals surface area contributed by atoms with Crippen LogP contribution in [0.15, 0.2) is 24.3 Å². The molecule has 0 aromatic heterocycles. The third-order valence-corrected chi connectivity index (χ3v) is 11.0. The van der Waals surface area contributed by atoms with Gasteiger partial charge in [-0.05, 0) is 36.7 Å². The summed E-state index contributed by atoms with van der Waals surface area (Å²) in [6.07, 6.45) is 1.27. The summed E-state index contributed by atoms with van der Waals surface area (Å²) in [5.41, 5.74) is 0.990. The summed E-state index contributed by atoms with van der Waals surface area (Å²) in [6.45, 7) is 12.3. The highest BCUT2D eigenvalue weighted by Gasteiger charge is 2.37. The van der Waals surface area contributed by atoms with Gasteiger partial charge in [-0.1, -0.05) is 32.9 Å². The third kappa shape index (κ3) is 7.08. The molecule has 2 rings (SSSR count). The van der Waals surface area contributed by atoms with E-state index in [4.69, 9.17) is 32.8 Å². The minimum Gasteiger partial charge on any atom is -0.496 e. The lowest BCUT2D eigenvalue weighted by atomic mass is 9.98. The van der Waals surface area contributed by atoms with Crippen LogP contribution < -0.4 is 14.2 Å². The van der Waals surface area contributed by atoms with Gasteiger partial charge in [0.15, 0.2) is 15.1 Å². The van der Waals surface area contributed by atoms with Crippen molar-refractivity contribution in [3.8, 4) is 17.2 Å². The van der Waals surface area contributed by atoms with E-state index in [0.717, 1.165) is 28.5 Å². The minimum atomic E-state index is -1.84. The predicted molar refractivity (Wildman–Crippen MR) is 138 cm³/mol. The van der Waals surface area contributed by atoms with Crippen LogP contribution in [0.3, 0.4) is 0 Å². The monoisotopic (exact) mass is 494 g/mol. The Kier molecular flexibility index (Phi) is 10.6. The molecule has 2 aromatic rings. The maximum absolute atomic E-state index is 6.40. The summed E-state index contributed by atoms with van der Waals surface area (Å²) in [6, 6.07) is 7.83. The van der Waals surface area contributed by atoms with Crippen LogP contribution in [0.4, 0.5) is 0 Å². The second kappa shape index (κ2) is 12.7. The Morgan fingerprint density at radius 3 is 2.21 bits per heavy atom. The van der Waals surface area contributed by atoms with Crippen LogP contribution in [0.2, 0.25) is 18.1 Å². The van der Waals surface area contributed by atoms with Crippen molar-refractivity contribution < 1.29 is 32.8 Å². The molecule has 192 valence electrons. The molecule has 0 unspecified atom stereocenters. The molecule has 34 heavy (non-hydrogen) atoms. The molecule has 0 spiro atoms. The van der Waals surface area contributed by atoms with Crippen LogP contribution in [0.25, 0.3) is 10.8 Å². The first kappa shape index (κ1) is 28.4. The van der Waals surface area contributed by atoms with Gasteiger partial charge in [0, 0.05) is 38.2 Å². The van der Waals surface area contributed by atoms with E-state index in [1.807, 2.05) is 24.3 Å². The molecule has 0 radical (unpaired) electrons. The molecule has 0 saturated heterocycles. The maximum Gasteiger partial charge on any atom is 0.191 e. The number of benzene rings is 2. The van der Waals surface area contributed by atoms with E-state index in [1.165, 1.54) is 0 Å². The molecule has 0 aliphatic heterocycles. The fraction of sp³-hybridized carbons (Fsp3) is 0.615. The minimum absolute atomic E-state index is 0.103. The Morgan fingerprint density at radius 2 is 1.62 bits per heavy atom. The van der Waals surface area contributed by atoms with Crippen LogP contribution >= 0.6 is 0 Å². The van der Waals surface area contributed by atoms with Crippen molar-refractivity contribution in [2.24, 2.45) is 0 Å². The highest BCUT2D eigenvalue weighted by atomic mass is 28.4. The van der Waals surface area contributed by atoms with Gasteiger partial charge in [-0.3, -0.25) is 0 Å². The number of methoxy groups -OCH3 is 4. The molecule has 0 N–H and O–H groups in total. The molecule has 0 amide bonds. The molecule has 0 heterocycles. The zero-order valence-corrected chi connectivity index (χ0v) is 23.3. The van der Waals surface area contributed by atoms with Crippen LogP contribution in [0.5, 0.6) is 17.2 Å². The van der Waals surface area contributed by atoms with E-state index in [1.54, 1.807) is 28.4 Å². The van der Waals surface area contributed by atoms with Crippen LogP contribution in [-0.4, -0.2) is 63.1 Å². The first-order valence-corrected chi connectivity index (χ1v) is 14.5. The second-order valence-corrected chi connectivity index (χ2v) is 14.6. The third-order valence-electron chi connectivity index (χ3n) is 6.45. The van der Waals surface area contributed by atoms with Gasteiger partial charge in [0.2, 0.25) is 0 Å². The van der Waals surface area contributed by atoms with E-state index in [0.29, 0.717) is 24.5 Å². The van der Waals surface area contributed by atoms with Crippen LogP contribution in [-0.2, 0) is 25.1 Å². The average Bonchev–Trinajstić information content (AvgIpc) is 2.79. The smallest absolute Gasteiger partial charge is 0.191 e. The van der Waals surface area contributed by atoms with Gasteiger partial charge in [-0.25, -0.2) is 0 Å². The zero-order chi connectivity index (χ0) is 25.4. The summed E-state index contributed by atoms with van der Waals surface area (Å²) in [4.78, 5) is 0. The molecule has 0 aliphatic rings. The molecule has 0 bridgehead atoms. The standard InChI is InChI=1S/C26H42O7Si/c1-26(2,3)34(8,9)33-14-13-20(31-17-27-4)15-19-16-23(29-6)24-21(25(19)30-7)11-10-12-22(24)32-18-28-5/h10-12,16,20H,13-15,17-18H2,1-9H3/t20-/m1/s1. The molecule has 0 fully saturated rings. The van der Waals surface area contributed by atoms with E-state index >= 15 is 0 Å². The SMILES string of the molecule is COCOc1cccc2c(OC)c(C[C@@H](CCO[Si](C)(C)C(C)(C)C)OCOC)cc(OC)c12. The Hall–Kier alpha value is -1.84. The zero-order valence-electron chi connectivity index (χ0n) is 22.3. The highest BCUT2D eigenvalue weighted by Crippen LogP contribution is 2.42. The fourth-order valence-electron chi connectivity index (χ4n) is 3.56. The molecule has 7 nitrogen and oxygen atoms in total. The summed E-state index contributed by atoms with van der Waals surface area (Å²) < 4.78 is 40.1. The molecule has 0 saturated carbocycles. The van der Waals surface area contributed by atoms with Crippen molar-refractivity contribution in [1.29, 1.82) is 0 Å². The number of hydrogen-bond acceptors (Lipinski definition) is 7. The largest absolute Gasteiger partial charge is 0.496 e. The van der Waals surface area contributed by atoms with Gasteiger partial charge in [0.1, 0.15) is 24.0 Å². The first-order valence-electron chi connectivity index (χ1n) is 11.6. The van der Waals surface area contributed by atoms with E-state index in [2.05, 4.69) is 33.9 Å². The Morgan fingerprint density at radius 1 is 0.912 bits per heavy atom. The predicted octanol–water partition coefficient (Wildman–Crippen LogP) is 5.78. The number of rotatable bonds is 14. The lowest BCUT2D eigenvalue weighted by Gasteiger charge is -2.36. The van der Waals surface area contributed by atoms with Crippen molar-refractivity contribution in [2.75, 3.05) is 48.6 Å². The normalized spacial score (nSPS) is 13.2. The van der Waals surface area contributed by atoms with Gasteiger partial charge in [-0.15, -0.1) is 0 Å². The maximum atomic E-state index is 6.40. The van der Waals surface area contributed by atoms with Crippen LogP contribution in [0.1, 0.15) is 32.8 Å². The quantitative estimate of drug-likeness (QED) is 0.243. The Labute approximate surface area is 205 Å². The van der Waals surface area contributed by atoms with Gasteiger partial charge in [0.25, 0.3) is 0 Å². The van der Waals surface area contributed by atoms with Gasteiger partial charge >= 0.3 is 0 Å². The molecule has 1 atom stereocenters. The fourth-order valence-corrected chi connectivity index (χ4v) is 4.62. The second-order valence-electron chi connectivity index (χ2n) is 9.80. The number of hydrogen-bond donors (Lipinski definition) is 0. The van der Waals surface area contributed by atoms with E-state index < -0.39 is 8.32 Å². The average molecular weight is 495 g/mol. The lowest BCUT2D eigenvalue weighted by molar-refractivity contribution is -0.0766. The van der Waals surface area contributed by atoms with Crippen molar-refractivity contribution in [2.45, 2.75) is 57.8 Å². The first-order chi connectivity index (χ1) is 16.1. The van der Waals surface area contributed by atoms with Crippen molar-refractivity contribution in [3.05, 3.63) is 29.8 Å². The van der Waals surface area contributed by atoms with Gasteiger partial charge < -0.3 is 32.8 Å². The number of ether oxygens (including phenoxy) is 6. The summed E-state index contributed by atoms with van der Waals surface area (Å²) in [5, 5.41) is 1.92. The van der Waals surface area contributed by atoms with E-state index in [-0.39, 0.29) is 24.7 Å². The van der Waals surface area contributed by atoms with Gasteiger partial charge in [-0.2, -0.15) is 0 Å².